The largest absolute Gasteiger partial charge is 0.466 e. The number of nitrogens with zero attached hydrogens (tertiary/aromatic N) is 2. The van der Waals surface area contributed by atoms with Gasteiger partial charge in [-0.1, -0.05) is 73.2 Å². The van der Waals surface area contributed by atoms with E-state index in [9.17, 15) is 9.59 Å². The third-order valence-corrected chi connectivity index (χ3v) is 7.70. The van der Waals surface area contributed by atoms with E-state index in [1.54, 1.807) is 29.7 Å². The van der Waals surface area contributed by atoms with Crippen LogP contribution in [0.1, 0.15) is 49.6 Å². The Morgan fingerprint density at radius 1 is 1.14 bits per heavy atom. The van der Waals surface area contributed by atoms with Crippen LogP contribution in [0.5, 0.6) is 0 Å². The van der Waals surface area contributed by atoms with Gasteiger partial charge in [-0.3, -0.25) is 9.36 Å². The third kappa shape index (κ3) is 4.61. The highest BCUT2D eigenvalue weighted by molar-refractivity contribution is 7.07. The number of thiazole rings is 1. The van der Waals surface area contributed by atoms with E-state index >= 15 is 0 Å². The van der Waals surface area contributed by atoms with E-state index in [1.807, 2.05) is 48.5 Å². The molecule has 188 valence electrons. The summed E-state index contributed by atoms with van der Waals surface area (Å²) in [6, 6.07) is 18.4. The molecule has 2 aromatic heterocycles. The molecule has 0 radical (unpaired) electrons. The van der Waals surface area contributed by atoms with E-state index in [4.69, 9.17) is 20.8 Å². The Kier molecular flexibility index (Phi) is 6.75. The highest BCUT2D eigenvalue weighted by Gasteiger charge is 2.33. The minimum Gasteiger partial charge on any atom is -0.466 e. The fourth-order valence-corrected chi connectivity index (χ4v) is 5.69. The normalized spacial score (nSPS) is 15.6. The van der Waals surface area contributed by atoms with Crippen molar-refractivity contribution in [1.29, 1.82) is 0 Å². The second-order valence-electron chi connectivity index (χ2n) is 9.08. The van der Waals surface area contributed by atoms with Crippen molar-refractivity contribution in [3.8, 4) is 11.3 Å². The summed E-state index contributed by atoms with van der Waals surface area (Å²) >= 11 is 7.56. The zero-order valence-corrected chi connectivity index (χ0v) is 22.4. The van der Waals surface area contributed by atoms with E-state index in [2.05, 4.69) is 18.8 Å². The second kappa shape index (κ2) is 10.00. The smallest absolute Gasteiger partial charge is 0.338 e. The molecular formula is C29H25ClN2O4S. The topological polar surface area (TPSA) is 73.8 Å². The number of hydrogen-bond donors (Lipinski definition) is 0. The number of allylic oxidation sites excluding steroid dienone is 1. The lowest BCUT2D eigenvalue weighted by Gasteiger charge is -2.24. The molecule has 5 rings (SSSR count). The molecule has 8 heteroatoms. The van der Waals surface area contributed by atoms with Gasteiger partial charge in [0, 0.05) is 11.6 Å². The lowest BCUT2D eigenvalue weighted by atomic mass is 9.93. The maximum atomic E-state index is 13.7. The highest BCUT2D eigenvalue weighted by atomic mass is 35.5. The van der Waals surface area contributed by atoms with Crippen LogP contribution < -0.4 is 14.9 Å². The SMILES string of the molecule is COC(=O)C1=C(C)N=c2s/c(=C/c3ccc(-c4ccccc4Cl)o3)c(=O)n2[C@@H]1c1ccc(C(C)C)cc1. The molecule has 0 spiro atoms. The number of furan rings is 1. The molecule has 0 N–H and O–H groups in total. The molecule has 0 unspecified atom stereocenters. The van der Waals surface area contributed by atoms with Gasteiger partial charge in [0.05, 0.1) is 34.0 Å². The molecule has 0 saturated heterocycles. The van der Waals surface area contributed by atoms with Crippen LogP contribution in [-0.4, -0.2) is 17.6 Å². The quantitative estimate of drug-likeness (QED) is 0.321. The second-order valence-corrected chi connectivity index (χ2v) is 10.5. The summed E-state index contributed by atoms with van der Waals surface area (Å²) in [7, 11) is 1.33. The number of benzene rings is 2. The van der Waals surface area contributed by atoms with Gasteiger partial charge in [-0.15, -0.1) is 0 Å². The van der Waals surface area contributed by atoms with Crippen LogP contribution in [0.15, 0.2) is 86.1 Å². The van der Waals surface area contributed by atoms with Crippen LogP contribution in [0, 0.1) is 0 Å². The van der Waals surface area contributed by atoms with Gasteiger partial charge in [0.25, 0.3) is 5.56 Å². The lowest BCUT2D eigenvalue weighted by Crippen LogP contribution is -2.39. The zero-order chi connectivity index (χ0) is 26.3. The van der Waals surface area contributed by atoms with E-state index in [0.717, 1.165) is 11.1 Å². The van der Waals surface area contributed by atoms with Crippen LogP contribution in [0.4, 0.5) is 0 Å². The molecule has 0 fully saturated rings. The molecule has 0 amide bonds. The first kappa shape index (κ1) is 25.0. The van der Waals surface area contributed by atoms with Crippen LogP contribution >= 0.6 is 22.9 Å². The summed E-state index contributed by atoms with van der Waals surface area (Å²) in [6.45, 7) is 6.00. The number of methoxy groups -OCH3 is 1. The summed E-state index contributed by atoms with van der Waals surface area (Å²) in [6.07, 6.45) is 1.69. The van der Waals surface area contributed by atoms with Gasteiger partial charge in [0.2, 0.25) is 0 Å². The number of halogens is 1. The first-order chi connectivity index (χ1) is 17.8. The monoisotopic (exact) mass is 532 g/mol. The molecule has 1 aliphatic heterocycles. The van der Waals surface area contributed by atoms with Crippen molar-refractivity contribution < 1.29 is 13.9 Å². The minimum atomic E-state index is -0.651. The lowest BCUT2D eigenvalue weighted by molar-refractivity contribution is -0.136. The number of ether oxygens (including phenoxy) is 1. The first-order valence-corrected chi connectivity index (χ1v) is 13.0. The predicted octanol–water partition coefficient (Wildman–Crippen LogP) is 5.45. The molecule has 0 bridgehead atoms. The van der Waals surface area contributed by atoms with Crippen LogP contribution in [0.25, 0.3) is 17.4 Å². The zero-order valence-electron chi connectivity index (χ0n) is 20.8. The van der Waals surface area contributed by atoms with Crippen molar-refractivity contribution in [1.82, 2.24) is 4.57 Å². The number of carbonyl (C=O) groups excluding carboxylic acids is 1. The molecule has 0 aliphatic carbocycles. The fourth-order valence-electron chi connectivity index (χ4n) is 4.44. The van der Waals surface area contributed by atoms with Crippen molar-refractivity contribution >= 4 is 35.0 Å². The van der Waals surface area contributed by atoms with E-state index < -0.39 is 12.0 Å². The number of aromatic nitrogens is 1. The summed E-state index contributed by atoms with van der Waals surface area (Å²) < 4.78 is 13.1. The van der Waals surface area contributed by atoms with Crippen LogP contribution in [0.2, 0.25) is 5.02 Å². The first-order valence-electron chi connectivity index (χ1n) is 11.8. The molecule has 3 heterocycles. The summed E-state index contributed by atoms with van der Waals surface area (Å²) in [4.78, 5) is 31.7. The predicted molar refractivity (Wildman–Crippen MR) is 145 cm³/mol. The summed E-state index contributed by atoms with van der Waals surface area (Å²) in [5, 5.41) is 0.581. The third-order valence-electron chi connectivity index (χ3n) is 6.39. The molecule has 1 aliphatic rings. The molecule has 6 nitrogen and oxygen atoms in total. The van der Waals surface area contributed by atoms with Gasteiger partial charge >= 0.3 is 5.97 Å². The van der Waals surface area contributed by atoms with Crippen LogP contribution in [0.3, 0.4) is 0 Å². The molecule has 1 atom stereocenters. The number of carbonyl (C=O) groups is 1. The summed E-state index contributed by atoms with van der Waals surface area (Å²) in [5.41, 5.74) is 3.36. The van der Waals surface area contributed by atoms with Crippen LogP contribution in [-0.2, 0) is 9.53 Å². The van der Waals surface area contributed by atoms with Crippen molar-refractivity contribution in [3.63, 3.8) is 0 Å². The molecule has 37 heavy (non-hydrogen) atoms. The molecular weight excluding hydrogens is 508 g/mol. The maximum Gasteiger partial charge on any atom is 0.338 e. The fraction of sp³-hybridized carbons (Fsp3) is 0.207. The van der Waals surface area contributed by atoms with Crippen molar-refractivity contribution in [2.24, 2.45) is 4.99 Å². The van der Waals surface area contributed by atoms with E-state index in [1.165, 1.54) is 24.0 Å². The van der Waals surface area contributed by atoms with Gasteiger partial charge in [-0.2, -0.15) is 0 Å². The van der Waals surface area contributed by atoms with E-state index in [0.29, 0.717) is 43.1 Å². The molecule has 0 saturated carbocycles. The summed E-state index contributed by atoms with van der Waals surface area (Å²) in [5.74, 6) is 0.972. The Hall–Kier alpha value is -3.68. The Morgan fingerprint density at radius 3 is 2.54 bits per heavy atom. The van der Waals surface area contributed by atoms with E-state index in [-0.39, 0.29) is 5.56 Å². The van der Waals surface area contributed by atoms with Gasteiger partial charge in [0.15, 0.2) is 4.80 Å². The van der Waals surface area contributed by atoms with Crippen molar-refractivity contribution in [2.45, 2.75) is 32.7 Å². The van der Waals surface area contributed by atoms with Gasteiger partial charge in [-0.05, 0) is 48.2 Å². The van der Waals surface area contributed by atoms with Gasteiger partial charge in [-0.25, -0.2) is 9.79 Å². The highest BCUT2D eigenvalue weighted by Crippen LogP contribution is 2.32. The number of esters is 1. The average molecular weight is 533 g/mol. The Balaban J connectivity index is 1.64. The molecule has 4 aromatic rings. The standard InChI is InChI=1S/C29H25ClN2O4S/c1-16(2)18-9-11-19(12-10-18)26-25(28(34)35-4)17(3)31-29-32(26)27(33)24(37-29)15-20-13-14-23(36-20)21-7-5-6-8-22(21)30/h5-16,26H,1-4H3/b24-15+/t26-/m1/s1. The van der Waals surface area contributed by atoms with Crippen molar-refractivity contribution in [3.05, 3.63) is 114 Å². The molecule has 2 aromatic carbocycles. The Bertz CT molecular complexity index is 1710. The van der Waals surface area contributed by atoms with Crippen molar-refractivity contribution in [2.75, 3.05) is 7.11 Å². The minimum absolute atomic E-state index is 0.258. The maximum absolute atomic E-state index is 13.7. The Morgan fingerprint density at radius 2 is 1.86 bits per heavy atom. The van der Waals surface area contributed by atoms with Gasteiger partial charge in [0.1, 0.15) is 11.5 Å². The number of rotatable bonds is 5. The number of hydrogen-bond acceptors (Lipinski definition) is 6. The average Bonchev–Trinajstić information content (AvgIpc) is 3.47. The Labute approximate surface area is 222 Å². The number of fused-ring (bicyclic) bond motifs is 1. The van der Waals surface area contributed by atoms with Gasteiger partial charge < -0.3 is 9.15 Å².